The van der Waals surface area contributed by atoms with Crippen molar-refractivity contribution in [3.05, 3.63) is 16.6 Å². The molecule has 76 valence electrons. The monoisotopic (exact) mass is 230 g/mol. The van der Waals surface area contributed by atoms with Crippen LogP contribution in [-0.4, -0.2) is 34.6 Å². The molecule has 0 aliphatic rings. The molecule has 0 aliphatic heterocycles. The molecule has 0 saturated heterocycles. The molecule has 1 rings (SSSR count). The molecule has 0 radical (unpaired) electrons. The number of aromatic nitrogens is 1. The molecule has 1 aromatic heterocycles. The first-order chi connectivity index (χ1) is 6.61. The van der Waals surface area contributed by atoms with Crippen LogP contribution in [0.3, 0.4) is 0 Å². The summed E-state index contributed by atoms with van der Waals surface area (Å²) in [6.07, 6.45) is 1.66. The van der Waals surface area contributed by atoms with Crippen molar-refractivity contribution >= 4 is 34.5 Å². The third-order valence-electron chi connectivity index (χ3n) is 1.53. The van der Waals surface area contributed by atoms with Crippen LogP contribution in [0.5, 0.6) is 0 Å². The van der Waals surface area contributed by atoms with E-state index in [0.29, 0.717) is 10.1 Å². The highest BCUT2D eigenvalue weighted by molar-refractivity contribution is 7.80. The van der Waals surface area contributed by atoms with E-state index < -0.39 is 0 Å². The summed E-state index contributed by atoms with van der Waals surface area (Å²) in [7, 11) is 1.65. The zero-order chi connectivity index (χ0) is 10.6. The second-order valence-electron chi connectivity index (χ2n) is 2.62. The Labute approximate surface area is 91.5 Å². The van der Waals surface area contributed by atoms with E-state index in [2.05, 4.69) is 4.98 Å². The molecule has 6 heteroatoms. The van der Waals surface area contributed by atoms with Crippen LogP contribution < -0.4 is 0 Å². The molecule has 1 aromatic rings. The van der Waals surface area contributed by atoms with Gasteiger partial charge in [-0.3, -0.25) is 4.79 Å². The van der Waals surface area contributed by atoms with E-state index in [1.807, 2.05) is 5.38 Å². The van der Waals surface area contributed by atoms with E-state index in [1.165, 1.54) is 23.2 Å². The maximum absolute atomic E-state index is 10.8. The van der Waals surface area contributed by atoms with Crippen molar-refractivity contribution in [1.82, 2.24) is 9.88 Å². The minimum atomic E-state index is -0.0630. The smallest absolute Gasteiger partial charge is 0.222 e. The van der Waals surface area contributed by atoms with Crippen molar-refractivity contribution in [1.29, 1.82) is 0 Å². The molecule has 0 spiro atoms. The topological polar surface area (TPSA) is 42.4 Å². The molecule has 0 fully saturated rings. The predicted octanol–water partition coefficient (Wildman–Crippen LogP) is 1.27. The van der Waals surface area contributed by atoms with Crippen molar-refractivity contribution in [3.8, 4) is 0 Å². The van der Waals surface area contributed by atoms with Gasteiger partial charge in [0.25, 0.3) is 0 Å². The molecule has 14 heavy (non-hydrogen) atoms. The first kappa shape index (κ1) is 11.1. The normalized spacial score (nSPS) is 9.57. The van der Waals surface area contributed by atoms with Crippen LogP contribution in [0.15, 0.2) is 11.6 Å². The van der Waals surface area contributed by atoms with Gasteiger partial charge in [-0.05, 0) is 12.2 Å². The van der Waals surface area contributed by atoms with Crippen molar-refractivity contribution in [2.45, 2.75) is 6.92 Å². The van der Waals surface area contributed by atoms with Crippen molar-refractivity contribution < 1.29 is 9.53 Å². The van der Waals surface area contributed by atoms with Gasteiger partial charge < -0.3 is 9.64 Å². The van der Waals surface area contributed by atoms with Gasteiger partial charge in [-0.1, -0.05) is 0 Å². The lowest BCUT2D eigenvalue weighted by atomic mass is 10.6. The van der Waals surface area contributed by atoms with E-state index in [1.54, 1.807) is 13.2 Å². The van der Waals surface area contributed by atoms with Gasteiger partial charge in [0.15, 0.2) is 11.7 Å². The molecular weight excluding hydrogens is 220 g/mol. The van der Waals surface area contributed by atoms with Crippen LogP contribution >= 0.6 is 23.6 Å². The summed E-state index contributed by atoms with van der Waals surface area (Å²) >= 11 is 6.38. The van der Waals surface area contributed by atoms with E-state index in [9.17, 15) is 4.79 Å². The largest absolute Gasteiger partial charge is 0.460 e. The first-order valence-corrected chi connectivity index (χ1v) is 5.18. The SMILES string of the molecule is CC(=O)N(C)COC(=S)c1nccs1. The number of hydrogen-bond donors (Lipinski definition) is 0. The molecule has 1 heterocycles. The fraction of sp³-hybridized carbons (Fsp3) is 0.375. The van der Waals surface area contributed by atoms with Crippen LogP contribution in [0.4, 0.5) is 0 Å². The van der Waals surface area contributed by atoms with Crippen molar-refractivity contribution in [2.24, 2.45) is 0 Å². The van der Waals surface area contributed by atoms with E-state index in [4.69, 9.17) is 17.0 Å². The second kappa shape index (κ2) is 5.02. The van der Waals surface area contributed by atoms with Gasteiger partial charge >= 0.3 is 0 Å². The third-order valence-corrected chi connectivity index (χ3v) is 2.75. The zero-order valence-corrected chi connectivity index (χ0v) is 9.52. The summed E-state index contributed by atoms with van der Waals surface area (Å²) in [6.45, 7) is 1.63. The average molecular weight is 230 g/mol. The molecule has 0 saturated carbocycles. The number of ether oxygens (including phenoxy) is 1. The Morgan fingerprint density at radius 3 is 3.00 bits per heavy atom. The molecule has 4 nitrogen and oxygen atoms in total. The quantitative estimate of drug-likeness (QED) is 0.579. The Bertz CT molecular complexity index is 324. The molecule has 0 aliphatic carbocycles. The number of thiazole rings is 1. The number of amides is 1. The Morgan fingerprint density at radius 2 is 2.50 bits per heavy atom. The number of nitrogens with zero attached hydrogens (tertiary/aromatic N) is 2. The average Bonchev–Trinajstić information content (AvgIpc) is 2.66. The number of thiocarbonyl (C=S) groups is 1. The zero-order valence-electron chi connectivity index (χ0n) is 7.89. The van der Waals surface area contributed by atoms with Crippen molar-refractivity contribution in [3.63, 3.8) is 0 Å². The predicted molar refractivity (Wildman–Crippen MR) is 58.2 cm³/mol. The number of hydrogen-bond acceptors (Lipinski definition) is 5. The standard InChI is InChI=1S/C8H10N2O2S2/c1-6(11)10(2)5-12-8(13)7-9-3-4-14-7/h3-4H,5H2,1-2H3. The summed E-state index contributed by atoms with van der Waals surface area (Å²) in [5.74, 6) is -0.0630. The van der Waals surface area contributed by atoms with Crippen LogP contribution in [-0.2, 0) is 9.53 Å². The van der Waals surface area contributed by atoms with E-state index in [0.717, 1.165) is 0 Å². The van der Waals surface area contributed by atoms with Crippen molar-refractivity contribution in [2.75, 3.05) is 13.8 Å². The van der Waals surface area contributed by atoms with Crippen LogP contribution in [0.25, 0.3) is 0 Å². The Hall–Kier alpha value is -1.01. The first-order valence-electron chi connectivity index (χ1n) is 3.89. The highest BCUT2D eigenvalue weighted by Crippen LogP contribution is 2.07. The summed E-state index contributed by atoms with van der Waals surface area (Å²) in [5, 5.41) is 2.81. The Morgan fingerprint density at radius 1 is 1.79 bits per heavy atom. The molecule has 0 N–H and O–H groups in total. The molecule has 0 atom stereocenters. The van der Waals surface area contributed by atoms with Gasteiger partial charge in [0.1, 0.15) is 0 Å². The van der Waals surface area contributed by atoms with Gasteiger partial charge in [0.2, 0.25) is 11.0 Å². The van der Waals surface area contributed by atoms with Crippen LogP contribution in [0.1, 0.15) is 11.9 Å². The fourth-order valence-corrected chi connectivity index (χ4v) is 1.41. The van der Waals surface area contributed by atoms with Gasteiger partial charge in [0.05, 0.1) is 0 Å². The highest BCUT2D eigenvalue weighted by atomic mass is 32.1. The number of carbonyl (C=O) groups excluding carboxylic acids is 1. The lowest BCUT2D eigenvalue weighted by molar-refractivity contribution is -0.130. The summed E-state index contributed by atoms with van der Waals surface area (Å²) < 4.78 is 5.19. The van der Waals surface area contributed by atoms with Gasteiger partial charge in [-0.2, -0.15) is 0 Å². The van der Waals surface area contributed by atoms with Gasteiger partial charge in [-0.15, -0.1) is 11.3 Å². The summed E-state index contributed by atoms with van der Waals surface area (Å²) in [5.41, 5.74) is 0. The highest BCUT2D eigenvalue weighted by Gasteiger charge is 2.07. The summed E-state index contributed by atoms with van der Waals surface area (Å²) in [6, 6.07) is 0. The molecule has 1 amide bonds. The Balaban J connectivity index is 2.40. The number of carbonyl (C=O) groups is 1. The van der Waals surface area contributed by atoms with E-state index >= 15 is 0 Å². The maximum atomic E-state index is 10.8. The fourth-order valence-electron chi connectivity index (χ4n) is 0.632. The summed E-state index contributed by atoms with van der Waals surface area (Å²) in [4.78, 5) is 16.3. The lowest BCUT2D eigenvalue weighted by Crippen LogP contribution is -2.27. The minimum absolute atomic E-state index is 0.0630. The minimum Gasteiger partial charge on any atom is -0.460 e. The van der Waals surface area contributed by atoms with E-state index in [-0.39, 0.29) is 12.6 Å². The third kappa shape index (κ3) is 3.04. The molecule has 0 bridgehead atoms. The van der Waals surface area contributed by atoms with Gasteiger partial charge in [-0.25, -0.2) is 4.98 Å². The second-order valence-corrected chi connectivity index (χ2v) is 3.88. The molecule has 0 aromatic carbocycles. The Kier molecular flexibility index (Phi) is 3.97. The molecule has 0 unspecified atom stereocenters. The number of rotatable bonds is 3. The van der Waals surface area contributed by atoms with Gasteiger partial charge in [0, 0.05) is 25.5 Å². The lowest BCUT2D eigenvalue weighted by Gasteiger charge is -2.14. The maximum Gasteiger partial charge on any atom is 0.222 e. The van der Waals surface area contributed by atoms with Crippen LogP contribution in [0.2, 0.25) is 0 Å². The molecular formula is C8H10N2O2S2. The van der Waals surface area contributed by atoms with Crippen LogP contribution in [0, 0.1) is 0 Å².